The quantitative estimate of drug-likeness (QED) is 0.682. The fourth-order valence-electron chi connectivity index (χ4n) is 1.14. The van der Waals surface area contributed by atoms with Crippen LogP contribution in [0.5, 0.6) is 0 Å². The van der Waals surface area contributed by atoms with Crippen LogP contribution in [0.25, 0.3) is 0 Å². The number of nitrogens with zero attached hydrogens (tertiary/aromatic N) is 2. The highest BCUT2D eigenvalue weighted by Crippen LogP contribution is 1.96. The zero-order valence-corrected chi connectivity index (χ0v) is 7.82. The van der Waals surface area contributed by atoms with E-state index in [1.165, 1.54) is 0 Å². The average molecular weight is 176 g/mol. The lowest BCUT2D eigenvalue weighted by atomic mass is 10.2. The summed E-state index contributed by atoms with van der Waals surface area (Å²) >= 11 is 0. The number of pyridine rings is 1. The van der Waals surface area contributed by atoms with Gasteiger partial charge in [-0.2, -0.15) is 5.26 Å². The van der Waals surface area contributed by atoms with Crippen molar-refractivity contribution in [3.63, 3.8) is 0 Å². The molecule has 1 unspecified atom stereocenters. The zero-order chi connectivity index (χ0) is 9.84. The second-order valence-corrected chi connectivity index (χ2v) is 3.18. The molecule has 3 heteroatoms. The first-order valence-electron chi connectivity index (χ1n) is 4.21. The van der Waals surface area contributed by atoms with Crippen LogP contribution in [0.4, 0.5) is 0 Å². The highest BCUT2D eigenvalue weighted by Gasteiger charge is 2.03. The average Bonchev–Trinajstić information content (AvgIpc) is 2.13. The summed E-state index contributed by atoms with van der Waals surface area (Å²) < 4.78 is 1.57. The molecule has 0 bridgehead atoms. The van der Waals surface area contributed by atoms with Gasteiger partial charge in [0, 0.05) is 18.3 Å². The van der Waals surface area contributed by atoms with Gasteiger partial charge in [-0.05, 0) is 19.9 Å². The van der Waals surface area contributed by atoms with Crippen molar-refractivity contribution in [2.45, 2.75) is 20.4 Å². The summed E-state index contributed by atoms with van der Waals surface area (Å²) in [6, 6.07) is 5.69. The van der Waals surface area contributed by atoms with Crippen molar-refractivity contribution in [1.82, 2.24) is 4.57 Å². The lowest BCUT2D eigenvalue weighted by Crippen LogP contribution is -2.23. The lowest BCUT2D eigenvalue weighted by molar-refractivity contribution is 0.562. The molecule has 1 aromatic heterocycles. The van der Waals surface area contributed by atoms with Crippen LogP contribution in [-0.4, -0.2) is 4.57 Å². The predicted octanol–water partition coefficient (Wildman–Crippen LogP) is 1.32. The summed E-state index contributed by atoms with van der Waals surface area (Å²) in [4.78, 5) is 11.5. The van der Waals surface area contributed by atoms with Crippen molar-refractivity contribution < 1.29 is 0 Å². The van der Waals surface area contributed by atoms with Crippen LogP contribution in [-0.2, 0) is 6.54 Å². The molecule has 0 saturated carbocycles. The Balaban J connectivity index is 2.98. The van der Waals surface area contributed by atoms with Crippen LogP contribution in [0.15, 0.2) is 23.1 Å². The van der Waals surface area contributed by atoms with E-state index >= 15 is 0 Å². The molecule has 0 aliphatic heterocycles. The summed E-state index contributed by atoms with van der Waals surface area (Å²) in [5.41, 5.74) is 0.706. The van der Waals surface area contributed by atoms with Crippen molar-refractivity contribution in [2.24, 2.45) is 5.92 Å². The number of aryl methyl sites for hydroxylation is 1. The molecule has 1 heterocycles. The van der Waals surface area contributed by atoms with Crippen molar-refractivity contribution in [1.29, 1.82) is 5.26 Å². The summed E-state index contributed by atoms with van der Waals surface area (Å²) in [6.07, 6.45) is 1.71. The first-order chi connectivity index (χ1) is 6.15. The fraction of sp³-hybridized carbons (Fsp3) is 0.400. The third-order valence-corrected chi connectivity index (χ3v) is 1.90. The number of aromatic nitrogens is 1. The number of rotatable bonds is 2. The molecule has 0 spiro atoms. The van der Waals surface area contributed by atoms with E-state index in [2.05, 4.69) is 6.07 Å². The molecule has 0 radical (unpaired) electrons. The van der Waals surface area contributed by atoms with E-state index in [1.54, 1.807) is 30.7 Å². The Labute approximate surface area is 77.2 Å². The number of hydrogen-bond donors (Lipinski definition) is 0. The van der Waals surface area contributed by atoms with E-state index in [9.17, 15) is 4.79 Å². The molecule has 1 aromatic rings. The van der Waals surface area contributed by atoms with Crippen molar-refractivity contribution in [3.8, 4) is 6.07 Å². The molecule has 1 atom stereocenters. The maximum atomic E-state index is 11.5. The molecule has 0 aromatic carbocycles. The van der Waals surface area contributed by atoms with E-state index in [-0.39, 0.29) is 11.5 Å². The zero-order valence-electron chi connectivity index (χ0n) is 7.82. The van der Waals surface area contributed by atoms with Gasteiger partial charge in [-0.25, -0.2) is 0 Å². The Bertz CT molecular complexity index is 387. The highest BCUT2D eigenvalue weighted by molar-refractivity contribution is 5.07. The lowest BCUT2D eigenvalue weighted by Gasteiger charge is -2.06. The molecule has 0 N–H and O–H groups in total. The molecule has 0 aliphatic carbocycles. The maximum absolute atomic E-state index is 11.5. The second-order valence-electron chi connectivity index (χ2n) is 3.18. The first kappa shape index (κ1) is 9.53. The summed E-state index contributed by atoms with van der Waals surface area (Å²) in [5, 5.41) is 8.59. The number of hydrogen-bond acceptors (Lipinski definition) is 2. The standard InChI is InChI=1S/C10H12N2O/c1-8(6-11)7-12-5-3-4-9(2)10(12)13/h3-5,8H,7H2,1-2H3. The minimum absolute atomic E-state index is 0.00963. The highest BCUT2D eigenvalue weighted by atomic mass is 16.1. The van der Waals surface area contributed by atoms with Gasteiger partial charge in [-0.1, -0.05) is 6.07 Å². The van der Waals surface area contributed by atoms with Crippen LogP contribution >= 0.6 is 0 Å². The van der Waals surface area contributed by atoms with Crippen LogP contribution in [0.3, 0.4) is 0 Å². The van der Waals surface area contributed by atoms with E-state index in [0.29, 0.717) is 12.1 Å². The third-order valence-electron chi connectivity index (χ3n) is 1.90. The van der Waals surface area contributed by atoms with E-state index in [0.717, 1.165) is 0 Å². The second kappa shape index (κ2) is 3.90. The molecule has 13 heavy (non-hydrogen) atoms. The summed E-state index contributed by atoms with van der Waals surface area (Å²) in [5.74, 6) is -0.125. The largest absolute Gasteiger partial charge is 0.314 e. The van der Waals surface area contributed by atoms with Crippen LogP contribution in [0.2, 0.25) is 0 Å². The Morgan fingerprint density at radius 1 is 1.69 bits per heavy atom. The van der Waals surface area contributed by atoms with Gasteiger partial charge in [0.15, 0.2) is 0 Å². The van der Waals surface area contributed by atoms with Crippen LogP contribution in [0.1, 0.15) is 12.5 Å². The Morgan fingerprint density at radius 3 is 3.00 bits per heavy atom. The van der Waals surface area contributed by atoms with Gasteiger partial charge in [0.05, 0.1) is 12.0 Å². The normalized spacial score (nSPS) is 12.1. The van der Waals surface area contributed by atoms with Crippen LogP contribution < -0.4 is 5.56 Å². The van der Waals surface area contributed by atoms with E-state index in [4.69, 9.17) is 5.26 Å². The molecule has 1 rings (SSSR count). The molecule has 0 saturated heterocycles. The molecule has 0 aliphatic rings. The molecule has 3 nitrogen and oxygen atoms in total. The molecule has 0 amide bonds. The molecular formula is C10H12N2O. The van der Waals surface area contributed by atoms with Gasteiger partial charge in [-0.15, -0.1) is 0 Å². The topological polar surface area (TPSA) is 45.8 Å². The van der Waals surface area contributed by atoms with Gasteiger partial charge >= 0.3 is 0 Å². The number of nitriles is 1. The fourth-order valence-corrected chi connectivity index (χ4v) is 1.14. The summed E-state index contributed by atoms with van der Waals surface area (Å²) in [6.45, 7) is 4.04. The first-order valence-corrected chi connectivity index (χ1v) is 4.21. The molecular weight excluding hydrogens is 164 g/mol. The van der Waals surface area contributed by atoms with Gasteiger partial charge in [0.2, 0.25) is 0 Å². The summed E-state index contributed by atoms with van der Waals surface area (Å²) in [7, 11) is 0. The minimum atomic E-state index is -0.125. The Hall–Kier alpha value is -1.56. The van der Waals surface area contributed by atoms with Gasteiger partial charge in [-0.3, -0.25) is 4.79 Å². The van der Waals surface area contributed by atoms with E-state index in [1.807, 2.05) is 6.07 Å². The minimum Gasteiger partial charge on any atom is -0.314 e. The SMILES string of the molecule is Cc1cccn(CC(C)C#N)c1=O. The third kappa shape index (κ3) is 2.19. The Morgan fingerprint density at radius 2 is 2.38 bits per heavy atom. The van der Waals surface area contributed by atoms with Crippen LogP contribution in [0, 0.1) is 24.2 Å². The molecule has 0 fully saturated rings. The monoisotopic (exact) mass is 176 g/mol. The van der Waals surface area contributed by atoms with Gasteiger partial charge in [0.1, 0.15) is 0 Å². The smallest absolute Gasteiger partial charge is 0.253 e. The van der Waals surface area contributed by atoms with Gasteiger partial charge in [0.25, 0.3) is 5.56 Å². The maximum Gasteiger partial charge on any atom is 0.253 e. The van der Waals surface area contributed by atoms with Gasteiger partial charge < -0.3 is 4.57 Å². The molecule has 68 valence electrons. The predicted molar refractivity (Wildman–Crippen MR) is 50.2 cm³/mol. The van der Waals surface area contributed by atoms with Crippen molar-refractivity contribution in [3.05, 3.63) is 34.2 Å². The van der Waals surface area contributed by atoms with Crippen molar-refractivity contribution >= 4 is 0 Å². The Kier molecular flexibility index (Phi) is 2.86. The van der Waals surface area contributed by atoms with E-state index < -0.39 is 0 Å². The van der Waals surface area contributed by atoms with Crippen molar-refractivity contribution in [2.75, 3.05) is 0 Å².